The molecular formula is C13H14O3. The second-order valence-electron chi connectivity index (χ2n) is 3.75. The number of ether oxygens (including phenoxy) is 2. The van der Waals surface area contributed by atoms with Gasteiger partial charge in [-0.05, 0) is 26.0 Å². The van der Waals surface area contributed by atoms with E-state index in [0.717, 1.165) is 0 Å². The van der Waals surface area contributed by atoms with Crippen LogP contribution in [0.1, 0.15) is 24.2 Å². The summed E-state index contributed by atoms with van der Waals surface area (Å²) in [7, 11) is 1.48. The molecule has 16 heavy (non-hydrogen) atoms. The van der Waals surface area contributed by atoms with Crippen LogP contribution in [-0.4, -0.2) is 19.0 Å². The summed E-state index contributed by atoms with van der Waals surface area (Å²) in [5.41, 5.74) is -0.303. The number of para-hydroxylation sites is 1. The number of carbonyl (C=O) groups excluding carboxylic acids is 1. The van der Waals surface area contributed by atoms with Crippen LogP contribution in [0.15, 0.2) is 18.2 Å². The fraction of sp³-hybridized carbons (Fsp3) is 0.308. The zero-order valence-electron chi connectivity index (χ0n) is 9.61. The first-order valence-corrected chi connectivity index (χ1v) is 4.83. The molecule has 0 aromatic heterocycles. The summed E-state index contributed by atoms with van der Waals surface area (Å²) in [6.45, 7) is 3.53. The van der Waals surface area contributed by atoms with Crippen LogP contribution in [0, 0.1) is 12.3 Å². The van der Waals surface area contributed by atoms with Crippen LogP contribution in [0.2, 0.25) is 0 Å². The van der Waals surface area contributed by atoms with Crippen molar-refractivity contribution in [2.24, 2.45) is 0 Å². The summed E-state index contributed by atoms with van der Waals surface area (Å²) in [5, 5.41) is 0. The fourth-order valence-electron chi connectivity index (χ4n) is 1.23. The topological polar surface area (TPSA) is 35.5 Å². The molecule has 0 spiro atoms. The van der Waals surface area contributed by atoms with Gasteiger partial charge in [-0.2, -0.15) is 0 Å². The predicted molar refractivity (Wildman–Crippen MR) is 61.9 cm³/mol. The number of hydrogen-bond acceptors (Lipinski definition) is 3. The van der Waals surface area contributed by atoms with Crippen molar-refractivity contribution in [2.75, 3.05) is 7.11 Å². The van der Waals surface area contributed by atoms with Crippen LogP contribution in [0.4, 0.5) is 0 Å². The molecule has 1 aromatic carbocycles. The van der Waals surface area contributed by atoms with Crippen molar-refractivity contribution >= 4 is 6.29 Å². The SMILES string of the molecule is C#CC(C)(C)Oc1cccc(C=O)c1OC. The largest absolute Gasteiger partial charge is 0.492 e. The second-order valence-corrected chi connectivity index (χ2v) is 3.75. The molecule has 0 heterocycles. The van der Waals surface area contributed by atoms with Crippen LogP contribution in [0.5, 0.6) is 11.5 Å². The molecule has 84 valence electrons. The molecule has 0 amide bonds. The molecule has 0 aliphatic heterocycles. The third-order valence-electron chi connectivity index (χ3n) is 2.05. The van der Waals surface area contributed by atoms with E-state index in [-0.39, 0.29) is 0 Å². The van der Waals surface area contributed by atoms with Gasteiger partial charge in [0, 0.05) is 0 Å². The zero-order valence-corrected chi connectivity index (χ0v) is 9.61. The molecule has 0 atom stereocenters. The normalized spacial score (nSPS) is 10.4. The molecule has 0 aliphatic rings. The maximum Gasteiger partial charge on any atom is 0.171 e. The Bertz CT molecular complexity index is 427. The Morgan fingerprint density at radius 1 is 1.44 bits per heavy atom. The minimum Gasteiger partial charge on any atom is -0.492 e. The summed E-state index contributed by atoms with van der Waals surface area (Å²) >= 11 is 0. The van der Waals surface area contributed by atoms with E-state index in [1.165, 1.54) is 7.11 Å². The van der Waals surface area contributed by atoms with Crippen LogP contribution >= 0.6 is 0 Å². The van der Waals surface area contributed by atoms with Gasteiger partial charge in [-0.15, -0.1) is 6.42 Å². The Morgan fingerprint density at radius 3 is 2.62 bits per heavy atom. The molecule has 0 aliphatic carbocycles. The minimum absolute atomic E-state index is 0.404. The molecule has 0 unspecified atom stereocenters. The Labute approximate surface area is 95.4 Å². The Hall–Kier alpha value is -1.95. The zero-order chi connectivity index (χ0) is 12.2. The molecule has 1 rings (SSSR count). The highest BCUT2D eigenvalue weighted by Gasteiger charge is 2.19. The number of methoxy groups -OCH3 is 1. The second kappa shape index (κ2) is 4.71. The lowest BCUT2D eigenvalue weighted by Crippen LogP contribution is -2.25. The molecule has 3 heteroatoms. The fourth-order valence-corrected chi connectivity index (χ4v) is 1.23. The molecular weight excluding hydrogens is 204 g/mol. The summed E-state index contributed by atoms with van der Waals surface area (Å²) in [6.07, 6.45) is 6.05. The molecule has 0 saturated heterocycles. The van der Waals surface area contributed by atoms with Crippen molar-refractivity contribution in [3.05, 3.63) is 23.8 Å². The highest BCUT2D eigenvalue weighted by molar-refractivity contribution is 5.81. The van der Waals surface area contributed by atoms with Crippen molar-refractivity contribution in [3.63, 3.8) is 0 Å². The maximum atomic E-state index is 10.8. The first-order chi connectivity index (χ1) is 7.54. The van der Waals surface area contributed by atoms with Crippen LogP contribution < -0.4 is 9.47 Å². The molecule has 0 fully saturated rings. The average molecular weight is 218 g/mol. The van der Waals surface area contributed by atoms with E-state index < -0.39 is 5.60 Å². The van der Waals surface area contributed by atoms with Gasteiger partial charge in [-0.1, -0.05) is 12.0 Å². The summed E-state index contributed by atoms with van der Waals surface area (Å²) in [6, 6.07) is 5.08. The quantitative estimate of drug-likeness (QED) is 0.574. The van der Waals surface area contributed by atoms with E-state index in [1.807, 2.05) is 0 Å². The summed E-state index contributed by atoms with van der Waals surface area (Å²) in [4.78, 5) is 10.8. The van der Waals surface area contributed by atoms with Crippen molar-refractivity contribution in [3.8, 4) is 23.8 Å². The molecule has 0 N–H and O–H groups in total. The monoisotopic (exact) mass is 218 g/mol. The number of aldehydes is 1. The lowest BCUT2D eigenvalue weighted by Gasteiger charge is -2.22. The molecule has 0 radical (unpaired) electrons. The summed E-state index contributed by atoms with van der Waals surface area (Å²) in [5.74, 6) is 3.38. The third-order valence-corrected chi connectivity index (χ3v) is 2.05. The van der Waals surface area contributed by atoms with E-state index in [0.29, 0.717) is 23.3 Å². The van der Waals surface area contributed by atoms with Gasteiger partial charge < -0.3 is 9.47 Å². The van der Waals surface area contributed by atoms with Crippen molar-refractivity contribution in [1.82, 2.24) is 0 Å². The lowest BCUT2D eigenvalue weighted by atomic mass is 10.1. The molecule has 0 bridgehead atoms. The first-order valence-electron chi connectivity index (χ1n) is 4.83. The van der Waals surface area contributed by atoms with Crippen LogP contribution in [-0.2, 0) is 0 Å². The standard InChI is InChI=1S/C13H14O3/c1-5-13(2,3)16-11-8-6-7-10(9-14)12(11)15-4/h1,6-9H,2-4H3. The summed E-state index contributed by atoms with van der Waals surface area (Å²) < 4.78 is 10.7. The van der Waals surface area contributed by atoms with E-state index in [2.05, 4.69) is 5.92 Å². The Morgan fingerprint density at radius 2 is 2.12 bits per heavy atom. The highest BCUT2D eigenvalue weighted by Crippen LogP contribution is 2.32. The van der Waals surface area contributed by atoms with Gasteiger partial charge in [0.15, 0.2) is 23.4 Å². The Balaban J connectivity index is 3.15. The van der Waals surface area contributed by atoms with Gasteiger partial charge in [0.1, 0.15) is 0 Å². The molecule has 0 saturated carbocycles. The lowest BCUT2D eigenvalue weighted by molar-refractivity contribution is 0.111. The van der Waals surface area contributed by atoms with Gasteiger partial charge in [0.25, 0.3) is 0 Å². The highest BCUT2D eigenvalue weighted by atomic mass is 16.5. The number of terminal acetylenes is 1. The Kier molecular flexibility index (Phi) is 3.57. The van der Waals surface area contributed by atoms with Gasteiger partial charge >= 0.3 is 0 Å². The average Bonchev–Trinajstić information content (AvgIpc) is 2.28. The first kappa shape index (κ1) is 12.1. The van der Waals surface area contributed by atoms with Gasteiger partial charge in [-0.3, -0.25) is 4.79 Å². The van der Waals surface area contributed by atoms with E-state index in [9.17, 15) is 4.79 Å². The van der Waals surface area contributed by atoms with Crippen LogP contribution in [0.25, 0.3) is 0 Å². The van der Waals surface area contributed by atoms with E-state index in [1.54, 1.807) is 32.0 Å². The number of carbonyl (C=O) groups is 1. The van der Waals surface area contributed by atoms with Crippen molar-refractivity contribution < 1.29 is 14.3 Å². The van der Waals surface area contributed by atoms with Gasteiger partial charge in [0.05, 0.1) is 12.7 Å². The van der Waals surface area contributed by atoms with E-state index >= 15 is 0 Å². The number of rotatable bonds is 4. The predicted octanol–water partition coefficient (Wildman–Crippen LogP) is 2.30. The van der Waals surface area contributed by atoms with Gasteiger partial charge in [-0.25, -0.2) is 0 Å². The maximum absolute atomic E-state index is 10.8. The minimum atomic E-state index is -0.741. The van der Waals surface area contributed by atoms with Crippen molar-refractivity contribution in [2.45, 2.75) is 19.4 Å². The number of hydrogen-bond donors (Lipinski definition) is 0. The third kappa shape index (κ3) is 2.54. The van der Waals surface area contributed by atoms with E-state index in [4.69, 9.17) is 15.9 Å². The van der Waals surface area contributed by atoms with Crippen molar-refractivity contribution in [1.29, 1.82) is 0 Å². The molecule has 1 aromatic rings. The molecule has 3 nitrogen and oxygen atoms in total. The van der Waals surface area contributed by atoms with Gasteiger partial charge in [0.2, 0.25) is 0 Å². The van der Waals surface area contributed by atoms with Crippen LogP contribution in [0.3, 0.4) is 0 Å². The number of benzene rings is 1. The smallest absolute Gasteiger partial charge is 0.171 e.